The summed E-state index contributed by atoms with van der Waals surface area (Å²) < 4.78 is 16.8. The molecule has 0 atom stereocenters. The summed E-state index contributed by atoms with van der Waals surface area (Å²) in [4.78, 5) is 19.2. The summed E-state index contributed by atoms with van der Waals surface area (Å²) in [7, 11) is 0. The number of carbonyl (C=O) groups is 1. The number of benzene rings is 3. The highest BCUT2D eigenvalue weighted by atomic mass is 32.2. The van der Waals surface area contributed by atoms with Crippen LogP contribution in [0.5, 0.6) is 0 Å². The first-order valence-corrected chi connectivity index (χ1v) is 14.1. The number of hydrogen-bond acceptors (Lipinski definition) is 6. The number of nitrogens with one attached hydrogen (secondary N) is 1. The summed E-state index contributed by atoms with van der Waals surface area (Å²) in [5, 5.41) is 4.53. The number of aromatic nitrogens is 1. The van der Waals surface area contributed by atoms with Crippen molar-refractivity contribution < 1.29 is 9.18 Å². The van der Waals surface area contributed by atoms with E-state index in [-0.39, 0.29) is 17.5 Å². The maximum Gasteiger partial charge on any atom is 0.234 e. The van der Waals surface area contributed by atoms with Crippen LogP contribution >= 0.6 is 47.1 Å². The predicted molar refractivity (Wildman–Crippen MR) is 150 cm³/mol. The minimum Gasteiger partial charge on any atom is -0.358 e. The lowest BCUT2D eigenvalue weighted by Gasteiger charge is -2.20. The van der Waals surface area contributed by atoms with E-state index >= 15 is 0 Å². The van der Waals surface area contributed by atoms with Crippen LogP contribution in [0.15, 0.2) is 58.9 Å². The van der Waals surface area contributed by atoms with E-state index in [2.05, 4.69) is 24.1 Å². The Balaban J connectivity index is 1.39. The molecular formula is C25H24FN3OS4. The van der Waals surface area contributed by atoms with Crippen LogP contribution in [0, 0.1) is 5.82 Å². The van der Waals surface area contributed by atoms with E-state index in [0.29, 0.717) is 11.1 Å². The first-order valence-electron chi connectivity index (χ1n) is 10.9. The number of nitrogens with zero attached hydrogens (tertiary/aromatic N) is 2. The minimum absolute atomic E-state index is 0.0823. The Morgan fingerprint density at radius 2 is 1.88 bits per heavy atom. The standard InChI is InChI=1S/C25H24FN3OS4/c1-3-29(4-2)25(31)33-15-23(30)27-17-10-12-21-22(13-17)34-24(28-21)32-14-16-9-11-20(26)19-8-6-5-7-18(16)19/h5-13H,3-4,14-15H2,1-2H3,(H,27,30). The quantitative estimate of drug-likeness (QED) is 0.193. The van der Waals surface area contributed by atoms with E-state index in [9.17, 15) is 9.18 Å². The minimum atomic E-state index is -0.202. The van der Waals surface area contributed by atoms with Crippen LogP contribution in [0.4, 0.5) is 10.1 Å². The summed E-state index contributed by atoms with van der Waals surface area (Å²) in [5.41, 5.74) is 2.72. The Morgan fingerprint density at radius 3 is 2.65 bits per heavy atom. The lowest BCUT2D eigenvalue weighted by Crippen LogP contribution is -2.28. The molecule has 1 amide bonds. The van der Waals surface area contributed by atoms with Crippen LogP contribution in [0.2, 0.25) is 0 Å². The van der Waals surface area contributed by atoms with Gasteiger partial charge < -0.3 is 10.2 Å². The number of fused-ring (bicyclic) bond motifs is 2. The molecule has 0 aliphatic rings. The number of thiocarbonyl (C=S) groups is 1. The van der Waals surface area contributed by atoms with Gasteiger partial charge in [-0.2, -0.15) is 0 Å². The van der Waals surface area contributed by atoms with Gasteiger partial charge in [0.1, 0.15) is 10.1 Å². The van der Waals surface area contributed by atoms with Crippen LogP contribution in [0.3, 0.4) is 0 Å². The number of halogens is 1. The van der Waals surface area contributed by atoms with E-state index in [4.69, 9.17) is 17.2 Å². The molecule has 0 spiro atoms. The zero-order valence-electron chi connectivity index (χ0n) is 18.8. The van der Waals surface area contributed by atoms with Gasteiger partial charge >= 0.3 is 0 Å². The van der Waals surface area contributed by atoms with E-state index in [1.54, 1.807) is 23.1 Å². The zero-order chi connectivity index (χ0) is 24.1. The number of amides is 1. The van der Waals surface area contributed by atoms with Gasteiger partial charge in [0.15, 0.2) is 4.34 Å². The van der Waals surface area contributed by atoms with Gasteiger partial charge in [-0.1, -0.05) is 66.1 Å². The monoisotopic (exact) mass is 529 g/mol. The fourth-order valence-corrected chi connectivity index (χ4v) is 6.84. The molecule has 1 N–H and O–H groups in total. The first-order chi connectivity index (χ1) is 16.5. The van der Waals surface area contributed by atoms with Gasteiger partial charge in [-0.3, -0.25) is 4.79 Å². The lowest BCUT2D eigenvalue weighted by atomic mass is 10.1. The zero-order valence-corrected chi connectivity index (χ0v) is 22.1. The van der Waals surface area contributed by atoms with Gasteiger partial charge in [0.2, 0.25) is 5.91 Å². The molecule has 0 unspecified atom stereocenters. The van der Waals surface area contributed by atoms with Crippen LogP contribution in [-0.4, -0.2) is 39.0 Å². The summed E-state index contributed by atoms with van der Waals surface area (Å²) in [6.07, 6.45) is 0. The number of carbonyl (C=O) groups excluding carboxylic acids is 1. The molecule has 4 rings (SSSR count). The Hall–Kier alpha value is -2.20. The van der Waals surface area contributed by atoms with Gasteiger partial charge in [-0.25, -0.2) is 9.37 Å². The third-order valence-electron chi connectivity index (χ3n) is 5.31. The molecule has 0 aliphatic heterocycles. The van der Waals surface area contributed by atoms with Crippen molar-refractivity contribution in [1.82, 2.24) is 9.88 Å². The Labute approximate surface area is 216 Å². The number of thiazole rings is 1. The summed E-state index contributed by atoms with van der Waals surface area (Å²) in [6, 6.07) is 16.7. The van der Waals surface area contributed by atoms with Crippen LogP contribution in [0.1, 0.15) is 19.4 Å². The van der Waals surface area contributed by atoms with Crippen molar-refractivity contribution in [1.29, 1.82) is 0 Å². The van der Waals surface area contributed by atoms with Crippen molar-refractivity contribution in [3.8, 4) is 0 Å². The maximum absolute atomic E-state index is 14.1. The Morgan fingerprint density at radius 1 is 1.12 bits per heavy atom. The molecule has 9 heteroatoms. The van der Waals surface area contributed by atoms with Crippen molar-refractivity contribution in [3.05, 3.63) is 66.0 Å². The van der Waals surface area contributed by atoms with Crippen molar-refractivity contribution in [2.24, 2.45) is 0 Å². The van der Waals surface area contributed by atoms with E-state index in [0.717, 1.165) is 48.6 Å². The molecule has 1 heterocycles. The third-order valence-corrected chi connectivity index (χ3v) is 9.05. The van der Waals surface area contributed by atoms with Crippen LogP contribution in [0.25, 0.3) is 21.0 Å². The number of rotatable bonds is 8. The lowest BCUT2D eigenvalue weighted by molar-refractivity contribution is -0.113. The molecule has 0 bridgehead atoms. The average Bonchev–Trinajstić information content (AvgIpc) is 3.25. The predicted octanol–water partition coefficient (Wildman–Crippen LogP) is 7.18. The fraction of sp³-hybridized carbons (Fsp3) is 0.240. The topological polar surface area (TPSA) is 45.2 Å². The number of thioether (sulfide) groups is 2. The highest BCUT2D eigenvalue weighted by Crippen LogP contribution is 2.34. The third kappa shape index (κ3) is 5.89. The van der Waals surface area contributed by atoms with Crippen molar-refractivity contribution in [3.63, 3.8) is 0 Å². The second-order valence-corrected chi connectivity index (χ2v) is 11.3. The fourth-order valence-electron chi connectivity index (χ4n) is 3.53. The molecular weight excluding hydrogens is 506 g/mol. The second kappa shape index (κ2) is 11.5. The molecule has 0 aliphatic carbocycles. The SMILES string of the molecule is CCN(CC)C(=S)SCC(=O)Nc1ccc2nc(SCc3ccc(F)c4ccccc34)sc2c1. The maximum atomic E-state index is 14.1. The number of hydrogen-bond donors (Lipinski definition) is 1. The smallest absolute Gasteiger partial charge is 0.234 e. The van der Waals surface area contributed by atoms with E-state index < -0.39 is 0 Å². The normalized spacial score (nSPS) is 11.1. The second-order valence-electron chi connectivity index (χ2n) is 7.48. The highest BCUT2D eigenvalue weighted by Gasteiger charge is 2.12. The number of anilines is 1. The summed E-state index contributed by atoms with van der Waals surface area (Å²) in [6.45, 7) is 5.78. The molecule has 0 radical (unpaired) electrons. The average molecular weight is 530 g/mol. The summed E-state index contributed by atoms with van der Waals surface area (Å²) >= 11 is 10.0. The molecule has 0 saturated carbocycles. The molecule has 4 nitrogen and oxygen atoms in total. The Kier molecular flexibility index (Phi) is 8.41. The van der Waals surface area contributed by atoms with Crippen molar-refractivity contribution in [2.45, 2.75) is 23.9 Å². The highest BCUT2D eigenvalue weighted by molar-refractivity contribution is 8.23. The van der Waals surface area contributed by atoms with Crippen LogP contribution < -0.4 is 5.32 Å². The van der Waals surface area contributed by atoms with E-state index in [1.807, 2.05) is 48.5 Å². The van der Waals surface area contributed by atoms with Gasteiger partial charge in [-0.05, 0) is 49.1 Å². The van der Waals surface area contributed by atoms with Gasteiger partial charge in [-0.15, -0.1) is 11.3 Å². The summed E-state index contributed by atoms with van der Waals surface area (Å²) in [5.74, 6) is 0.699. The van der Waals surface area contributed by atoms with Crippen LogP contribution in [-0.2, 0) is 10.5 Å². The molecule has 176 valence electrons. The van der Waals surface area contributed by atoms with Gasteiger partial charge in [0.05, 0.1) is 16.0 Å². The molecule has 3 aromatic carbocycles. The Bertz CT molecular complexity index is 1340. The first kappa shape index (κ1) is 24.9. The van der Waals surface area contributed by atoms with Crippen molar-refractivity contribution >= 4 is 84.0 Å². The molecule has 4 aromatic rings. The van der Waals surface area contributed by atoms with Gasteiger partial charge in [0, 0.05) is 29.9 Å². The molecule has 0 saturated heterocycles. The molecule has 34 heavy (non-hydrogen) atoms. The molecule has 0 fully saturated rings. The van der Waals surface area contributed by atoms with E-state index in [1.165, 1.54) is 17.8 Å². The van der Waals surface area contributed by atoms with Gasteiger partial charge in [0.25, 0.3) is 0 Å². The molecule has 1 aromatic heterocycles. The van der Waals surface area contributed by atoms with Crippen molar-refractivity contribution in [2.75, 3.05) is 24.2 Å². The largest absolute Gasteiger partial charge is 0.358 e.